The summed E-state index contributed by atoms with van der Waals surface area (Å²) in [7, 11) is 2.05. The predicted octanol–water partition coefficient (Wildman–Crippen LogP) is 1.97. The van der Waals surface area contributed by atoms with Crippen LogP contribution in [0.1, 0.15) is 30.6 Å². The Labute approximate surface area is 133 Å². The molecule has 1 unspecified atom stereocenters. The lowest BCUT2D eigenvalue weighted by Crippen LogP contribution is -2.37. The highest BCUT2D eigenvalue weighted by molar-refractivity contribution is 5.98. The fourth-order valence-corrected chi connectivity index (χ4v) is 1.57. The van der Waals surface area contributed by atoms with E-state index in [0.717, 1.165) is 13.0 Å². The normalized spacial score (nSPS) is 11.2. The van der Waals surface area contributed by atoms with Crippen LogP contribution in [-0.4, -0.2) is 42.0 Å². The number of anilines is 1. The Bertz CT molecular complexity index is 404. The average molecular weight is 323 g/mol. The molecule has 0 saturated carbocycles. The maximum absolute atomic E-state index is 11.8. The van der Waals surface area contributed by atoms with Crippen LogP contribution in [-0.2, 0) is 0 Å². The smallest absolute Gasteiger partial charge is 0.254 e. The molecular formula is C13H24Cl2N4O. The number of halogens is 2. The van der Waals surface area contributed by atoms with Crippen LogP contribution in [0.2, 0.25) is 0 Å². The Morgan fingerprint density at radius 1 is 1.50 bits per heavy atom. The van der Waals surface area contributed by atoms with Crippen molar-refractivity contribution in [3.63, 3.8) is 0 Å². The molecule has 3 N–H and O–H groups in total. The number of carbonyl (C=O) groups excluding carboxylic acids is 1. The molecule has 1 amide bonds. The Morgan fingerprint density at radius 3 is 2.70 bits per heavy atom. The van der Waals surface area contributed by atoms with Gasteiger partial charge in [-0.25, -0.2) is 0 Å². The molecule has 0 aliphatic rings. The summed E-state index contributed by atoms with van der Waals surface area (Å²) < 4.78 is 0. The molecule has 7 heteroatoms. The molecule has 1 rings (SSSR count). The number of pyridine rings is 1. The minimum atomic E-state index is -0.168. The molecule has 0 fully saturated rings. The van der Waals surface area contributed by atoms with Crippen LogP contribution in [0, 0.1) is 0 Å². The van der Waals surface area contributed by atoms with Crippen LogP contribution in [0.25, 0.3) is 0 Å². The fraction of sp³-hybridized carbons (Fsp3) is 0.538. The maximum Gasteiger partial charge on any atom is 0.254 e. The largest absolute Gasteiger partial charge is 0.398 e. The summed E-state index contributed by atoms with van der Waals surface area (Å²) in [5.74, 6) is -0.168. The molecule has 20 heavy (non-hydrogen) atoms. The number of likely N-dealkylation sites (N-methyl/N-ethyl adjacent to an activating group) is 1. The Morgan fingerprint density at radius 2 is 2.15 bits per heavy atom. The van der Waals surface area contributed by atoms with Gasteiger partial charge in [0.1, 0.15) is 0 Å². The van der Waals surface area contributed by atoms with E-state index in [-0.39, 0.29) is 30.7 Å². The van der Waals surface area contributed by atoms with Crippen molar-refractivity contribution >= 4 is 36.4 Å². The van der Waals surface area contributed by atoms with Gasteiger partial charge in [-0.15, -0.1) is 24.8 Å². The van der Waals surface area contributed by atoms with E-state index in [1.54, 1.807) is 12.3 Å². The van der Waals surface area contributed by atoms with Crippen molar-refractivity contribution in [1.82, 2.24) is 15.2 Å². The second kappa shape index (κ2) is 10.7. The minimum absolute atomic E-state index is 0. The zero-order chi connectivity index (χ0) is 13.5. The summed E-state index contributed by atoms with van der Waals surface area (Å²) in [4.78, 5) is 18.0. The first kappa shape index (κ1) is 21.3. The van der Waals surface area contributed by atoms with Crippen LogP contribution in [0.5, 0.6) is 0 Å². The molecule has 1 heterocycles. The van der Waals surface area contributed by atoms with Crippen molar-refractivity contribution in [1.29, 1.82) is 0 Å². The van der Waals surface area contributed by atoms with Gasteiger partial charge >= 0.3 is 0 Å². The maximum atomic E-state index is 11.8. The number of nitrogens with one attached hydrogen (secondary N) is 1. The van der Waals surface area contributed by atoms with Crippen LogP contribution >= 0.6 is 24.8 Å². The molecule has 5 nitrogen and oxygen atoms in total. The van der Waals surface area contributed by atoms with Crippen LogP contribution in [0.15, 0.2) is 18.5 Å². The molecule has 0 bridgehead atoms. The van der Waals surface area contributed by atoms with Gasteiger partial charge in [-0.3, -0.25) is 9.78 Å². The van der Waals surface area contributed by atoms with Gasteiger partial charge in [0, 0.05) is 37.2 Å². The van der Waals surface area contributed by atoms with Gasteiger partial charge in [0.2, 0.25) is 0 Å². The van der Waals surface area contributed by atoms with Gasteiger partial charge in [-0.1, -0.05) is 6.92 Å². The third kappa shape index (κ3) is 6.41. The van der Waals surface area contributed by atoms with E-state index in [0.29, 0.717) is 23.8 Å². The summed E-state index contributed by atoms with van der Waals surface area (Å²) in [6.45, 7) is 5.74. The number of carbonyl (C=O) groups is 1. The molecule has 1 atom stereocenters. The van der Waals surface area contributed by atoms with Gasteiger partial charge < -0.3 is 16.0 Å². The van der Waals surface area contributed by atoms with Crippen molar-refractivity contribution in [2.45, 2.75) is 26.3 Å². The van der Waals surface area contributed by atoms with E-state index < -0.39 is 0 Å². The summed E-state index contributed by atoms with van der Waals surface area (Å²) in [5, 5.41) is 2.85. The molecule has 0 saturated heterocycles. The zero-order valence-electron chi connectivity index (χ0n) is 12.1. The first-order valence-electron chi connectivity index (χ1n) is 6.24. The molecule has 0 aromatic carbocycles. The summed E-state index contributed by atoms with van der Waals surface area (Å²) in [6.07, 6.45) is 4.16. The van der Waals surface area contributed by atoms with E-state index in [4.69, 9.17) is 5.73 Å². The summed E-state index contributed by atoms with van der Waals surface area (Å²) in [6, 6.07) is 2.14. The topological polar surface area (TPSA) is 71.2 Å². The number of hydrogen-bond donors (Lipinski definition) is 2. The number of nitrogen functional groups attached to an aromatic ring is 1. The summed E-state index contributed by atoms with van der Waals surface area (Å²) >= 11 is 0. The lowest BCUT2D eigenvalue weighted by Gasteiger charge is -2.23. The van der Waals surface area contributed by atoms with Crippen molar-refractivity contribution < 1.29 is 4.79 Å². The van der Waals surface area contributed by atoms with E-state index in [2.05, 4.69) is 36.1 Å². The minimum Gasteiger partial charge on any atom is -0.398 e. The quantitative estimate of drug-likeness (QED) is 0.840. The highest BCUT2D eigenvalue weighted by atomic mass is 35.5. The Balaban J connectivity index is 0. The monoisotopic (exact) mass is 322 g/mol. The van der Waals surface area contributed by atoms with Crippen molar-refractivity contribution in [2.75, 3.05) is 25.9 Å². The molecule has 0 aliphatic heterocycles. The molecule has 0 spiro atoms. The van der Waals surface area contributed by atoms with Gasteiger partial charge in [-0.2, -0.15) is 0 Å². The predicted molar refractivity (Wildman–Crippen MR) is 87.9 cm³/mol. The summed E-state index contributed by atoms with van der Waals surface area (Å²) in [5.41, 5.74) is 6.60. The second-order valence-corrected chi connectivity index (χ2v) is 4.46. The van der Waals surface area contributed by atoms with E-state index >= 15 is 0 Å². The van der Waals surface area contributed by atoms with Crippen LogP contribution in [0.3, 0.4) is 0 Å². The van der Waals surface area contributed by atoms with Crippen molar-refractivity contribution in [3.05, 3.63) is 24.0 Å². The lowest BCUT2D eigenvalue weighted by molar-refractivity contribution is 0.0948. The van der Waals surface area contributed by atoms with E-state index in [1.165, 1.54) is 6.20 Å². The molecule has 1 aromatic rings. The van der Waals surface area contributed by atoms with Crippen molar-refractivity contribution in [2.24, 2.45) is 0 Å². The van der Waals surface area contributed by atoms with E-state index in [9.17, 15) is 4.79 Å². The number of hydrogen-bond acceptors (Lipinski definition) is 4. The average Bonchev–Trinajstić information content (AvgIpc) is 2.37. The molecule has 0 radical (unpaired) electrons. The SMILES string of the molecule is CCC(C)N(C)CCNC(=O)c1cnccc1N.Cl.Cl. The van der Waals surface area contributed by atoms with Gasteiger partial charge in [0.05, 0.1) is 5.56 Å². The van der Waals surface area contributed by atoms with Gasteiger partial charge in [0.25, 0.3) is 5.91 Å². The number of amides is 1. The Kier molecular flexibility index (Phi) is 11.4. The van der Waals surface area contributed by atoms with Crippen LogP contribution in [0.4, 0.5) is 5.69 Å². The number of nitrogens with zero attached hydrogens (tertiary/aromatic N) is 2. The molecule has 0 aliphatic carbocycles. The fourth-order valence-electron chi connectivity index (χ4n) is 1.57. The third-order valence-corrected chi connectivity index (χ3v) is 3.19. The molecule has 116 valence electrons. The molecular weight excluding hydrogens is 299 g/mol. The number of aromatic nitrogens is 1. The lowest BCUT2D eigenvalue weighted by atomic mass is 10.2. The zero-order valence-corrected chi connectivity index (χ0v) is 13.8. The van der Waals surface area contributed by atoms with Gasteiger partial charge in [0.15, 0.2) is 0 Å². The van der Waals surface area contributed by atoms with Crippen LogP contribution < -0.4 is 11.1 Å². The van der Waals surface area contributed by atoms with Gasteiger partial charge in [-0.05, 0) is 26.5 Å². The number of rotatable bonds is 6. The Hall–Kier alpha value is -1.04. The standard InChI is InChI=1S/C13H22N4O.2ClH/c1-4-10(2)17(3)8-7-16-13(18)11-9-15-6-5-12(11)14;;/h5-6,9-10H,4,7-8H2,1-3H3,(H2,14,15)(H,16,18);2*1H. The first-order valence-corrected chi connectivity index (χ1v) is 6.24. The van der Waals surface area contributed by atoms with Crippen molar-refractivity contribution in [3.8, 4) is 0 Å². The molecule has 1 aromatic heterocycles. The second-order valence-electron chi connectivity index (χ2n) is 4.46. The first-order chi connectivity index (χ1) is 8.56. The third-order valence-electron chi connectivity index (χ3n) is 3.19. The highest BCUT2D eigenvalue weighted by Gasteiger charge is 2.10. The highest BCUT2D eigenvalue weighted by Crippen LogP contribution is 2.07. The number of nitrogens with two attached hydrogens (primary N) is 1. The van der Waals surface area contributed by atoms with E-state index in [1.807, 2.05) is 0 Å².